The van der Waals surface area contributed by atoms with E-state index in [0.29, 0.717) is 0 Å². The smallest absolute Gasteiger partial charge is 0.00570 e. The Morgan fingerprint density at radius 2 is 2.29 bits per heavy atom. The molecule has 0 spiro atoms. The second-order valence-corrected chi connectivity index (χ2v) is 2.55. The van der Waals surface area contributed by atoms with Crippen molar-refractivity contribution in [3.8, 4) is 0 Å². The van der Waals surface area contributed by atoms with Crippen LogP contribution in [0.25, 0.3) is 0 Å². The Kier molecular flexibility index (Phi) is 4.95. The molecule has 0 aromatic rings. The van der Waals surface area contributed by atoms with E-state index in [-0.39, 0.29) is 0 Å². The van der Waals surface area contributed by atoms with Crippen LogP contribution in [0.1, 0.15) is 19.8 Å². The fourth-order valence-corrected chi connectivity index (χ4v) is 0.749. The Bertz CT molecular complexity index is 35.2. The molecular formula is C6H12Br. The van der Waals surface area contributed by atoms with Gasteiger partial charge in [0, 0.05) is 5.33 Å². The molecule has 0 saturated heterocycles. The summed E-state index contributed by atoms with van der Waals surface area (Å²) in [5, 5.41) is 1.11. The van der Waals surface area contributed by atoms with Crippen molar-refractivity contribution in [2.24, 2.45) is 5.92 Å². The minimum absolute atomic E-state index is 0.803. The predicted molar refractivity (Wildman–Crippen MR) is 37.5 cm³/mol. The molecule has 0 fully saturated rings. The first-order valence-corrected chi connectivity index (χ1v) is 3.78. The number of hydrogen-bond donors (Lipinski definition) is 0. The number of halogens is 1. The van der Waals surface area contributed by atoms with Crippen molar-refractivity contribution in [3.63, 3.8) is 0 Å². The van der Waals surface area contributed by atoms with Gasteiger partial charge in [-0.3, -0.25) is 0 Å². The Hall–Kier alpha value is 0.480. The van der Waals surface area contributed by atoms with E-state index in [9.17, 15) is 0 Å². The van der Waals surface area contributed by atoms with Gasteiger partial charge < -0.3 is 0 Å². The molecule has 0 nitrogen and oxygen atoms in total. The highest BCUT2D eigenvalue weighted by Gasteiger charge is 1.93. The summed E-state index contributed by atoms with van der Waals surface area (Å²) in [4.78, 5) is 0. The quantitative estimate of drug-likeness (QED) is 0.562. The van der Waals surface area contributed by atoms with Crippen molar-refractivity contribution in [2.45, 2.75) is 19.8 Å². The van der Waals surface area contributed by atoms with Gasteiger partial charge in [-0.05, 0) is 12.3 Å². The first kappa shape index (κ1) is 7.48. The van der Waals surface area contributed by atoms with Crippen LogP contribution in [0.3, 0.4) is 0 Å². The third-order valence-electron chi connectivity index (χ3n) is 0.960. The molecular weight excluding hydrogens is 152 g/mol. The zero-order valence-electron chi connectivity index (χ0n) is 4.78. The molecule has 1 heteroatoms. The maximum absolute atomic E-state index is 3.75. The van der Waals surface area contributed by atoms with Gasteiger partial charge in [-0.2, -0.15) is 0 Å². The highest BCUT2D eigenvalue weighted by Crippen LogP contribution is 2.06. The standard InChI is InChI=1S/C6H12Br/c1-3-4-6(2)5-7/h6H,1,3-5H2,2H3. The molecule has 0 aromatic carbocycles. The SMILES string of the molecule is [CH2]CCC(C)CBr. The van der Waals surface area contributed by atoms with Crippen LogP contribution < -0.4 is 0 Å². The summed E-state index contributed by atoms with van der Waals surface area (Å²) in [6.45, 7) is 5.97. The minimum Gasteiger partial charge on any atom is -0.0925 e. The lowest BCUT2D eigenvalue weighted by molar-refractivity contribution is 0.607. The maximum Gasteiger partial charge on any atom is 0.00570 e. The Balaban J connectivity index is 2.83. The third-order valence-corrected chi connectivity index (χ3v) is 2.07. The average molecular weight is 164 g/mol. The molecule has 0 heterocycles. The topological polar surface area (TPSA) is 0 Å². The van der Waals surface area contributed by atoms with Gasteiger partial charge in [0.05, 0.1) is 0 Å². The van der Waals surface area contributed by atoms with Crippen molar-refractivity contribution < 1.29 is 0 Å². The lowest BCUT2D eigenvalue weighted by atomic mass is 10.1. The first-order chi connectivity index (χ1) is 3.31. The van der Waals surface area contributed by atoms with Crippen LogP contribution in [0, 0.1) is 12.8 Å². The van der Waals surface area contributed by atoms with Gasteiger partial charge in [0.15, 0.2) is 0 Å². The van der Waals surface area contributed by atoms with Gasteiger partial charge in [-0.15, -0.1) is 0 Å². The van der Waals surface area contributed by atoms with Crippen LogP contribution >= 0.6 is 15.9 Å². The third kappa shape index (κ3) is 4.33. The number of alkyl halides is 1. The predicted octanol–water partition coefficient (Wildman–Crippen LogP) is 2.63. The van der Waals surface area contributed by atoms with Crippen molar-refractivity contribution in [3.05, 3.63) is 6.92 Å². The van der Waals surface area contributed by atoms with E-state index in [2.05, 4.69) is 29.8 Å². The normalized spacial score (nSPS) is 14.1. The lowest BCUT2D eigenvalue weighted by Gasteiger charge is -2.01. The molecule has 1 atom stereocenters. The molecule has 0 amide bonds. The monoisotopic (exact) mass is 163 g/mol. The van der Waals surface area contributed by atoms with E-state index in [1.165, 1.54) is 6.42 Å². The van der Waals surface area contributed by atoms with Crippen LogP contribution in [-0.4, -0.2) is 5.33 Å². The van der Waals surface area contributed by atoms with E-state index in [1.54, 1.807) is 0 Å². The summed E-state index contributed by atoms with van der Waals surface area (Å²) < 4.78 is 0. The largest absolute Gasteiger partial charge is 0.0925 e. The first-order valence-electron chi connectivity index (χ1n) is 2.66. The fraction of sp³-hybridized carbons (Fsp3) is 0.833. The molecule has 0 N–H and O–H groups in total. The lowest BCUT2D eigenvalue weighted by Crippen LogP contribution is -1.92. The average Bonchev–Trinajstić information content (AvgIpc) is 1.68. The Labute approximate surface area is 54.4 Å². The summed E-state index contributed by atoms with van der Waals surface area (Å²) in [6, 6.07) is 0. The van der Waals surface area contributed by atoms with E-state index < -0.39 is 0 Å². The van der Waals surface area contributed by atoms with Gasteiger partial charge in [0.2, 0.25) is 0 Å². The second kappa shape index (κ2) is 4.63. The molecule has 0 aromatic heterocycles. The van der Waals surface area contributed by atoms with Gasteiger partial charge >= 0.3 is 0 Å². The molecule has 0 saturated carbocycles. The Morgan fingerprint density at radius 3 is 2.43 bits per heavy atom. The van der Waals surface area contributed by atoms with Crippen molar-refractivity contribution in [2.75, 3.05) is 5.33 Å². The van der Waals surface area contributed by atoms with E-state index in [0.717, 1.165) is 17.7 Å². The highest BCUT2D eigenvalue weighted by molar-refractivity contribution is 9.09. The van der Waals surface area contributed by atoms with Gasteiger partial charge in [-0.25, -0.2) is 0 Å². The van der Waals surface area contributed by atoms with Crippen molar-refractivity contribution >= 4 is 15.9 Å². The molecule has 0 aliphatic heterocycles. The van der Waals surface area contributed by atoms with Crippen LogP contribution in [0.15, 0.2) is 0 Å². The summed E-state index contributed by atoms with van der Waals surface area (Å²) in [5.41, 5.74) is 0. The molecule has 0 rings (SSSR count). The number of hydrogen-bond acceptors (Lipinski definition) is 0. The molecule has 43 valence electrons. The molecule has 1 radical (unpaired) electrons. The molecule has 0 bridgehead atoms. The summed E-state index contributed by atoms with van der Waals surface area (Å²) in [5.74, 6) is 0.803. The zero-order chi connectivity index (χ0) is 5.70. The van der Waals surface area contributed by atoms with Gasteiger partial charge in [-0.1, -0.05) is 36.2 Å². The maximum atomic E-state index is 3.75. The van der Waals surface area contributed by atoms with Crippen LogP contribution in [0.4, 0.5) is 0 Å². The zero-order valence-corrected chi connectivity index (χ0v) is 6.37. The van der Waals surface area contributed by atoms with Crippen molar-refractivity contribution in [1.82, 2.24) is 0 Å². The van der Waals surface area contributed by atoms with Crippen LogP contribution in [-0.2, 0) is 0 Å². The number of rotatable bonds is 3. The minimum atomic E-state index is 0.803. The summed E-state index contributed by atoms with van der Waals surface area (Å²) >= 11 is 3.39. The van der Waals surface area contributed by atoms with Gasteiger partial charge in [0.25, 0.3) is 0 Å². The molecule has 0 aliphatic carbocycles. The molecule has 7 heavy (non-hydrogen) atoms. The summed E-state index contributed by atoms with van der Waals surface area (Å²) in [6.07, 6.45) is 2.30. The van der Waals surface area contributed by atoms with E-state index in [1.807, 2.05) is 0 Å². The molecule has 0 aliphatic rings. The Morgan fingerprint density at radius 1 is 1.71 bits per heavy atom. The van der Waals surface area contributed by atoms with E-state index >= 15 is 0 Å². The van der Waals surface area contributed by atoms with E-state index in [4.69, 9.17) is 0 Å². The highest BCUT2D eigenvalue weighted by atomic mass is 79.9. The van der Waals surface area contributed by atoms with Crippen LogP contribution in [0.2, 0.25) is 0 Å². The summed E-state index contributed by atoms with van der Waals surface area (Å²) in [7, 11) is 0. The molecule has 1 unspecified atom stereocenters. The van der Waals surface area contributed by atoms with Crippen molar-refractivity contribution in [1.29, 1.82) is 0 Å². The van der Waals surface area contributed by atoms with Crippen LogP contribution in [0.5, 0.6) is 0 Å². The van der Waals surface area contributed by atoms with Gasteiger partial charge in [0.1, 0.15) is 0 Å². The second-order valence-electron chi connectivity index (χ2n) is 1.90. The fourth-order valence-electron chi connectivity index (χ4n) is 0.426.